The molecule has 0 aromatic heterocycles. The maximum absolute atomic E-state index is 13.0. The van der Waals surface area contributed by atoms with Gasteiger partial charge >= 0.3 is 0 Å². The Bertz CT molecular complexity index is 456. The predicted octanol–water partition coefficient (Wildman–Crippen LogP) is 2.33. The van der Waals surface area contributed by atoms with Gasteiger partial charge in [0.05, 0.1) is 6.54 Å². The molecular formula is C16H23FN2O. The Morgan fingerprint density at radius 1 is 1.35 bits per heavy atom. The molecule has 0 bridgehead atoms. The minimum atomic E-state index is -0.212. The minimum Gasteiger partial charge on any atom is -0.355 e. The fourth-order valence-corrected chi connectivity index (χ4v) is 2.71. The van der Waals surface area contributed by atoms with Crippen LogP contribution in [0.5, 0.6) is 0 Å². The Balaban J connectivity index is 1.65. The zero-order valence-corrected chi connectivity index (χ0v) is 12.0. The van der Waals surface area contributed by atoms with Crippen molar-refractivity contribution in [2.24, 2.45) is 0 Å². The zero-order valence-electron chi connectivity index (χ0n) is 12.0. The van der Waals surface area contributed by atoms with E-state index in [1.165, 1.54) is 37.8 Å². The van der Waals surface area contributed by atoms with E-state index in [-0.39, 0.29) is 11.7 Å². The number of hydrogen-bond acceptors (Lipinski definition) is 2. The van der Waals surface area contributed by atoms with Gasteiger partial charge in [-0.05, 0) is 49.4 Å². The second-order valence-electron chi connectivity index (χ2n) is 5.53. The molecule has 2 rings (SSSR count). The van der Waals surface area contributed by atoms with Crippen molar-refractivity contribution in [1.82, 2.24) is 10.6 Å². The number of aryl methyl sites for hydroxylation is 1. The van der Waals surface area contributed by atoms with Gasteiger partial charge in [0.25, 0.3) is 0 Å². The zero-order chi connectivity index (χ0) is 14.4. The van der Waals surface area contributed by atoms with Crippen molar-refractivity contribution in [3.8, 4) is 0 Å². The fourth-order valence-electron chi connectivity index (χ4n) is 2.71. The predicted molar refractivity (Wildman–Crippen MR) is 78.1 cm³/mol. The summed E-state index contributed by atoms with van der Waals surface area (Å²) in [6, 6.07) is 5.29. The van der Waals surface area contributed by atoms with Gasteiger partial charge in [-0.2, -0.15) is 0 Å². The Kier molecular flexibility index (Phi) is 5.53. The summed E-state index contributed by atoms with van der Waals surface area (Å²) >= 11 is 0. The van der Waals surface area contributed by atoms with E-state index in [9.17, 15) is 9.18 Å². The first-order valence-corrected chi connectivity index (χ1v) is 7.40. The van der Waals surface area contributed by atoms with Gasteiger partial charge in [-0.1, -0.05) is 18.9 Å². The van der Waals surface area contributed by atoms with E-state index >= 15 is 0 Å². The summed E-state index contributed by atoms with van der Waals surface area (Å²) < 4.78 is 13.0. The highest BCUT2D eigenvalue weighted by Crippen LogP contribution is 2.17. The van der Waals surface area contributed by atoms with E-state index in [4.69, 9.17) is 0 Å². The lowest BCUT2D eigenvalue weighted by Crippen LogP contribution is -2.38. The van der Waals surface area contributed by atoms with E-state index in [0.717, 1.165) is 17.5 Å². The number of benzene rings is 1. The highest BCUT2D eigenvalue weighted by Gasteiger charge is 2.14. The molecule has 110 valence electrons. The monoisotopic (exact) mass is 278 g/mol. The smallest absolute Gasteiger partial charge is 0.233 e. The summed E-state index contributed by atoms with van der Waals surface area (Å²) in [5.74, 6) is -0.173. The molecule has 1 aliphatic rings. The van der Waals surface area contributed by atoms with Gasteiger partial charge in [-0.3, -0.25) is 4.79 Å². The van der Waals surface area contributed by atoms with Crippen LogP contribution in [0.1, 0.15) is 36.8 Å². The molecule has 0 atom stereocenters. The quantitative estimate of drug-likeness (QED) is 0.838. The molecular weight excluding hydrogens is 255 g/mol. The largest absolute Gasteiger partial charge is 0.355 e. The van der Waals surface area contributed by atoms with Crippen molar-refractivity contribution < 1.29 is 9.18 Å². The topological polar surface area (TPSA) is 41.1 Å². The number of nitrogens with one attached hydrogen (secondary N) is 2. The fraction of sp³-hybridized carbons (Fsp3) is 0.562. The highest BCUT2D eigenvalue weighted by atomic mass is 19.1. The molecule has 0 heterocycles. The van der Waals surface area contributed by atoms with Crippen LogP contribution in [-0.4, -0.2) is 25.0 Å². The number of halogens is 1. The second-order valence-corrected chi connectivity index (χ2v) is 5.53. The van der Waals surface area contributed by atoms with Crippen molar-refractivity contribution in [3.05, 3.63) is 35.1 Å². The van der Waals surface area contributed by atoms with E-state index < -0.39 is 0 Å². The van der Waals surface area contributed by atoms with Gasteiger partial charge in [0.2, 0.25) is 5.91 Å². The van der Waals surface area contributed by atoms with Crippen LogP contribution in [0.3, 0.4) is 0 Å². The number of amides is 1. The standard InChI is InChI=1S/C16H23FN2O/c1-12-10-14(17)7-6-13(12)8-9-18-16(20)11-19-15-4-2-3-5-15/h6-7,10,15,19H,2-5,8-9,11H2,1H3,(H,18,20). The summed E-state index contributed by atoms with van der Waals surface area (Å²) in [5, 5.41) is 6.19. The van der Waals surface area contributed by atoms with Gasteiger partial charge < -0.3 is 10.6 Å². The van der Waals surface area contributed by atoms with Crippen LogP contribution in [0, 0.1) is 12.7 Å². The third-order valence-electron chi connectivity index (χ3n) is 3.93. The van der Waals surface area contributed by atoms with E-state index in [1.54, 1.807) is 6.07 Å². The van der Waals surface area contributed by atoms with Crippen LogP contribution in [0.4, 0.5) is 4.39 Å². The summed E-state index contributed by atoms with van der Waals surface area (Å²) in [6.45, 7) is 2.88. The molecule has 1 aliphatic carbocycles. The molecule has 20 heavy (non-hydrogen) atoms. The molecule has 0 unspecified atom stereocenters. The van der Waals surface area contributed by atoms with E-state index in [0.29, 0.717) is 19.1 Å². The summed E-state index contributed by atoms with van der Waals surface area (Å²) in [4.78, 5) is 11.7. The number of carbonyl (C=O) groups excluding carboxylic acids is 1. The van der Waals surface area contributed by atoms with Crippen molar-refractivity contribution in [1.29, 1.82) is 0 Å². The number of rotatable bonds is 6. The van der Waals surface area contributed by atoms with E-state index in [2.05, 4.69) is 10.6 Å². The Morgan fingerprint density at radius 2 is 2.10 bits per heavy atom. The van der Waals surface area contributed by atoms with Gasteiger partial charge in [0, 0.05) is 12.6 Å². The average Bonchev–Trinajstić information content (AvgIpc) is 2.92. The van der Waals surface area contributed by atoms with Crippen molar-refractivity contribution >= 4 is 5.91 Å². The molecule has 2 N–H and O–H groups in total. The lowest BCUT2D eigenvalue weighted by Gasteiger charge is -2.12. The molecule has 1 amide bonds. The molecule has 0 radical (unpaired) electrons. The van der Waals surface area contributed by atoms with Crippen molar-refractivity contribution in [2.75, 3.05) is 13.1 Å². The van der Waals surface area contributed by atoms with Crippen LogP contribution < -0.4 is 10.6 Å². The summed E-state index contributed by atoms with van der Waals surface area (Å²) in [5.41, 5.74) is 2.01. The van der Waals surface area contributed by atoms with Crippen LogP contribution in [-0.2, 0) is 11.2 Å². The number of hydrogen-bond donors (Lipinski definition) is 2. The van der Waals surface area contributed by atoms with Crippen LogP contribution in [0.25, 0.3) is 0 Å². The first kappa shape index (κ1) is 15.0. The third kappa shape index (κ3) is 4.60. The van der Waals surface area contributed by atoms with Gasteiger partial charge in [-0.25, -0.2) is 4.39 Å². The second kappa shape index (κ2) is 7.39. The van der Waals surface area contributed by atoms with Crippen molar-refractivity contribution in [3.63, 3.8) is 0 Å². The molecule has 0 aliphatic heterocycles. The van der Waals surface area contributed by atoms with E-state index in [1.807, 2.05) is 6.92 Å². The molecule has 3 nitrogen and oxygen atoms in total. The summed E-state index contributed by atoms with van der Waals surface area (Å²) in [7, 11) is 0. The minimum absolute atomic E-state index is 0.0386. The van der Waals surface area contributed by atoms with Gasteiger partial charge in [0.15, 0.2) is 0 Å². The van der Waals surface area contributed by atoms with Crippen LogP contribution in [0.2, 0.25) is 0 Å². The first-order valence-electron chi connectivity index (χ1n) is 7.40. The first-order chi connectivity index (χ1) is 9.65. The van der Waals surface area contributed by atoms with Crippen LogP contribution >= 0.6 is 0 Å². The van der Waals surface area contributed by atoms with Gasteiger partial charge in [0.1, 0.15) is 5.82 Å². The molecule has 0 saturated heterocycles. The van der Waals surface area contributed by atoms with Crippen LogP contribution in [0.15, 0.2) is 18.2 Å². The SMILES string of the molecule is Cc1cc(F)ccc1CCNC(=O)CNC1CCCC1. The molecule has 1 aromatic carbocycles. The normalized spacial score (nSPS) is 15.5. The molecule has 1 saturated carbocycles. The Hall–Kier alpha value is -1.42. The molecule has 1 aromatic rings. The third-order valence-corrected chi connectivity index (χ3v) is 3.93. The molecule has 4 heteroatoms. The summed E-state index contributed by atoms with van der Waals surface area (Å²) in [6.07, 6.45) is 5.64. The molecule has 0 spiro atoms. The lowest BCUT2D eigenvalue weighted by molar-refractivity contribution is -0.120. The Morgan fingerprint density at radius 3 is 2.80 bits per heavy atom. The lowest BCUT2D eigenvalue weighted by atomic mass is 10.1. The highest BCUT2D eigenvalue weighted by molar-refractivity contribution is 5.78. The van der Waals surface area contributed by atoms with Crippen molar-refractivity contribution in [2.45, 2.75) is 45.1 Å². The maximum atomic E-state index is 13.0. The molecule has 1 fully saturated rings. The van der Waals surface area contributed by atoms with Gasteiger partial charge in [-0.15, -0.1) is 0 Å². The number of carbonyl (C=O) groups is 1. The Labute approximate surface area is 120 Å². The maximum Gasteiger partial charge on any atom is 0.233 e. The average molecular weight is 278 g/mol.